The summed E-state index contributed by atoms with van der Waals surface area (Å²) in [6.07, 6.45) is -0.496. The van der Waals surface area contributed by atoms with E-state index in [4.69, 9.17) is 14.0 Å². The van der Waals surface area contributed by atoms with Crippen LogP contribution < -0.4 is 4.74 Å². The molecule has 1 aromatic heterocycles. The molecule has 0 N–H and O–H groups in total. The van der Waals surface area contributed by atoms with Crippen LogP contribution in [0.2, 0.25) is 0 Å². The number of aryl methyl sites for hydroxylation is 1. The van der Waals surface area contributed by atoms with E-state index < -0.39 is 12.1 Å². The highest BCUT2D eigenvalue weighted by Crippen LogP contribution is 2.18. The number of aromatic nitrogens is 2. The van der Waals surface area contributed by atoms with Crippen LogP contribution in [0.25, 0.3) is 11.5 Å². The van der Waals surface area contributed by atoms with E-state index in [0.717, 1.165) is 0 Å². The molecule has 7 heteroatoms. The van der Waals surface area contributed by atoms with Crippen molar-refractivity contribution in [1.29, 1.82) is 0 Å². The van der Waals surface area contributed by atoms with E-state index in [1.807, 2.05) is 0 Å². The summed E-state index contributed by atoms with van der Waals surface area (Å²) in [5, 5.41) is 3.73. The molecule has 2 aromatic carbocycles. The van der Waals surface area contributed by atoms with Crippen molar-refractivity contribution in [2.45, 2.75) is 20.0 Å². The molecule has 0 radical (unpaired) electrons. The summed E-state index contributed by atoms with van der Waals surface area (Å²) in [6.45, 7) is 3.55. The highest BCUT2D eigenvalue weighted by Gasteiger charge is 2.14. The Balaban J connectivity index is 1.55. The van der Waals surface area contributed by atoms with Crippen LogP contribution >= 0.6 is 0 Å². The molecule has 1 heterocycles. The summed E-state index contributed by atoms with van der Waals surface area (Å²) in [5.41, 5.74) is 1.10. The molecule has 0 bridgehead atoms. The number of halogens is 1. The fourth-order valence-corrected chi connectivity index (χ4v) is 2.22. The average Bonchev–Trinajstić information content (AvgIpc) is 3.06. The van der Waals surface area contributed by atoms with Crippen molar-refractivity contribution in [2.75, 3.05) is 6.61 Å². The Morgan fingerprint density at radius 2 is 2.00 bits per heavy atom. The molecule has 1 unspecified atom stereocenters. The van der Waals surface area contributed by atoms with Crippen LogP contribution in [-0.4, -0.2) is 28.8 Å². The minimum atomic E-state index is -0.496. The molecule has 134 valence electrons. The molecule has 26 heavy (non-hydrogen) atoms. The Labute approximate surface area is 149 Å². The van der Waals surface area contributed by atoms with Crippen LogP contribution in [0.1, 0.15) is 23.1 Å². The van der Waals surface area contributed by atoms with Crippen molar-refractivity contribution in [3.05, 3.63) is 65.7 Å². The predicted octanol–water partition coefficient (Wildman–Crippen LogP) is 3.81. The Bertz CT molecular complexity index is 893. The molecule has 0 aliphatic heterocycles. The number of esters is 1. The lowest BCUT2D eigenvalue weighted by atomic mass is 10.1. The van der Waals surface area contributed by atoms with E-state index in [1.165, 1.54) is 12.1 Å². The summed E-state index contributed by atoms with van der Waals surface area (Å²) >= 11 is 0. The van der Waals surface area contributed by atoms with E-state index in [0.29, 0.717) is 28.6 Å². The van der Waals surface area contributed by atoms with Gasteiger partial charge < -0.3 is 14.0 Å². The van der Waals surface area contributed by atoms with Gasteiger partial charge in [-0.3, -0.25) is 0 Å². The van der Waals surface area contributed by atoms with Gasteiger partial charge in [0.2, 0.25) is 0 Å². The second-order valence-corrected chi connectivity index (χ2v) is 5.71. The van der Waals surface area contributed by atoms with E-state index in [2.05, 4.69) is 10.1 Å². The topological polar surface area (TPSA) is 74.5 Å². The molecule has 0 aliphatic carbocycles. The van der Waals surface area contributed by atoms with Crippen LogP contribution in [0.5, 0.6) is 5.75 Å². The van der Waals surface area contributed by atoms with Gasteiger partial charge in [0, 0.05) is 11.6 Å². The van der Waals surface area contributed by atoms with Gasteiger partial charge in [-0.15, -0.1) is 0 Å². The number of ether oxygens (including phenoxy) is 2. The number of rotatable bonds is 6. The molecule has 0 amide bonds. The molecule has 0 saturated heterocycles. The molecule has 0 fully saturated rings. The van der Waals surface area contributed by atoms with Gasteiger partial charge >= 0.3 is 5.97 Å². The van der Waals surface area contributed by atoms with Crippen molar-refractivity contribution in [2.24, 2.45) is 0 Å². The zero-order valence-corrected chi connectivity index (χ0v) is 14.3. The average molecular weight is 356 g/mol. The van der Waals surface area contributed by atoms with Crippen molar-refractivity contribution in [3.63, 3.8) is 0 Å². The summed E-state index contributed by atoms with van der Waals surface area (Å²) in [5.74, 6) is 0.444. The van der Waals surface area contributed by atoms with Crippen molar-refractivity contribution in [1.82, 2.24) is 10.1 Å². The smallest absolute Gasteiger partial charge is 0.338 e. The standard InChI is InChI=1S/C19H17FN2O4/c1-12(11-24-17-5-3-4-16(20)10-17)25-19(23)15-8-6-14(7-9-15)18-21-13(2)22-26-18/h3-10,12H,11H2,1-2H3. The zero-order valence-electron chi connectivity index (χ0n) is 14.3. The van der Waals surface area contributed by atoms with Gasteiger partial charge in [-0.25, -0.2) is 9.18 Å². The molecular formula is C19H17FN2O4. The number of carbonyl (C=O) groups is 1. The molecule has 3 aromatic rings. The number of carbonyl (C=O) groups excluding carboxylic acids is 1. The maximum atomic E-state index is 13.1. The molecule has 6 nitrogen and oxygen atoms in total. The third-order valence-electron chi connectivity index (χ3n) is 3.48. The maximum absolute atomic E-state index is 13.1. The van der Waals surface area contributed by atoms with Gasteiger partial charge in [0.15, 0.2) is 5.82 Å². The third kappa shape index (κ3) is 4.44. The molecule has 0 aliphatic rings. The quantitative estimate of drug-likeness (QED) is 0.625. The van der Waals surface area contributed by atoms with Crippen LogP contribution in [0.4, 0.5) is 4.39 Å². The first-order valence-corrected chi connectivity index (χ1v) is 8.01. The minimum absolute atomic E-state index is 0.120. The summed E-state index contributed by atoms with van der Waals surface area (Å²) in [6, 6.07) is 12.4. The summed E-state index contributed by atoms with van der Waals surface area (Å²) in [7, 11) is 0. The van der Waals surface area contributed by atoms with Crippen molar-refractivity contribution >= 4 is 5.97 Å². The number of hydrogen-bond acceptors (Lipinski definition) is 6. The van der Waals surface area contributed by atoms with E-state index in [9.17, 15) is 9.18 Å². The second kappa shape index (κ2) is 7.77. The van der Waals surface area contributed by atoms with Gasteiger partial charge in [0.1, 0.15) is 24.3 Å². The molecule has 3 rings (SSSR count). The maximum Gasteiger partial charge on any atom is 0.338 e. The lowest BCUT2D eigenvalue weighted by molar-refractivity contribution is 0.0228. The molecule has 0 spiro atoms. The first-order chi connectivity index (χ1) is 12.5. The highest BCUT2D eigenvalue weighted by molar-refractivity contribution is 5.90. The fraction of sp³-hybridized carbons (Fsp3) is 0.211. The number of nitrogens with zero attached hydrogens (tertiary/aromatic N) is 2. The zero-order chi connectivity index (χ0) is 18.5. The van der Waals surface area contributed by atoms with E-state index >= 15 is 0 Å². The number of hydrogen-bond donors (Lipinski definition) is 0. The first-order valence-electron chi connectivity index (χ1n) is 8.01. The molecule has 0 saturated carbocycles. The Kier molecular flexibility index (Phi) is 5.26. The lowest BCUT2D eigenvalue weighted by Crippen LogP contribution is -2.22. The highest BCUT2D eigenvalue weighted by atomic mass is 19.1. The van der Waals surface area contributed by atoms with Gasteiger partial charge in [-0.2, -0.15) is 4.98 Å². The first kappa shape index (κ1) is 17.6. The van der Waals surface area contributed by atoms with Crippen LogP contribution in [0.3, 0.4) is 0 Å². The minimum Gasteiger partial charge on any atom is -0.490 e. The predicted molar refractivity (Wildman–Crippen MR) is 91.2 cm³/mol. The largest absolute Gasteiger partial charge is 0.490 e. The monoisotopic (exact) mass is 356 g/mol. The third-order valence-corrected chi connectivity index (χ3v) is 3.48. The lowest BCUT2D eigenvalue weighted by Gasteiger charge is -2.14. The van der Waals surface area contributed by atoms with Gasteiger partial charge in [0.05, 0.1) is 5.56 Å². The van der Waals surface area contributed by atoms with E-state index in [-0.39, 0.29) is 12.4 Å². The van der Waals surface area contributed by atoms with Crippen molar-refractivity contribution in [3.8, 4) is 17.2 Å². The SMILES string of the molecule is Cc1noc(-c2ccc(C(=O)OC(C)COc3cccc(F)c3)cc2)n1. The number of benzene rings is 2. The molecular weight excluding hydrogens is 339 g/mol. The molecule has 1 atom stereocenters. The van der Waals surface area contributed by atoms with Crippen LogP contribution in [0, 0.1) is 12.7 Å². The Hall–Kier alpha value is -3.22. The summed E-state index contributed by atoms with van der Waals surface area (Å²) in [4.78, 5) is 16.3. The fourth-order valence-electron chi connectivity index (χ4n) is 2.22. The van der Waals surface area contributed by atoms with Crippen LogP contribution in [0.15, 0.2) is 53.1 Å². The normalized spacial score (nSPS) is 11.8. The Morgan fingerprint density at radius 1 is 1.23 bits per heavy atom. The van der Waals surface area contributed by atoms with Gasteiger partial charge in [-0.05, 0) is 50.2 Å². The second-order valence-electron chi connectivity index (χ2n) is 5.71. The Morgan fingerprint density at radius 3 is 2.65 bits per heavy atom. The van der Waals surface area contributed by atoms with Crippen LogP contribution in [-0.2, 0) is 4.74 Å². The van der Waals surface area contributed by atoms with Gasteiger partial charge in [0.25, 0.3) is 5.89 Å². The summed E-state index contributed by atoms with van der Waals surface area (Å²) < 4.78 is 28.9. The van der Waals surface area contributed by atoms with Crippen molar-refractivity contribution < 1.29 is 23.2 Å². The van der Waals surface area contributed by atoms with Gasteiger partial charge in [-0.1, -0.05) is 11.2 Å². The van der Waals surface area contributed by atoms with E-state index in [1.54, 1.807) is 50.2 Å².